The van der Waals surface area contributed by atoms with Gasteiger partial charge in [-0.15, -0.1) is 0 Å². The summed E-state index contributed by atoms with van der Waals surface area (Å²) >= 11 is 0. The molecule has 104 valence electrons. The number of aryl methyl sites for hydroxylation is 1. The van der Waals surface area contributed by atoms with Gasteiger partial charge in [-0.25, -0.2) is 0 Å². The summed E-state index contributed by atoms with van der Waals surface area (Å²) in [5.74, 6) is 0. The molecule has 2 nitrogen and oxygen atoms in total. The van der Waals surface area contributed by atoms with Crippen molar-refractivity contribution in [3.63, 3.8) is 0 Å². The van der Waals surface area contributed by atoms with Crippen LogP contribution in [0.3, 0.4) is 0 Å². The smallest absolute Gasteiger partial charge is 0.0400 e. The van der Waals surface area contributed by atoms with E-state index in [2.05, 4.69) is 65.7 Å². The van der Waals surface area contributed by atoms with Crippen molar-refractivity contribution in [2.24, 2.45) is 0 Å². The van der Waals surface area contributed by atoms with Crippen molar-refractivity contribution in [2.45, 2.75) is 26.3 Å². The number of hydrogen-bond donors (Lipinski definition) is 1. The molecule has 0 spiro atoms. The predicted molar refractivity (Wildman–Crippen MR) is 86.4 cm³/mol. The first-order chi connectivity index (χ1) is 9.81. The number of benzene rings is 2. The lowest BCUT2D eigenvalue weighted by Crippen LogP contribution is -2.17. The molecule has 1 aliphatic heterocycles. The van der Waals surface area contributed by atoms with Crippen molar-refractivity contribution >= 4 is 11.4 Å². The van der Waals surface area contributed by atoms with Gasteiger partial charge in [0, 0.05) is 31.0 Å². The van der Waals surface area contributed by atoms with E-state index in [1.54, 1.807) is 0 Å². The van der Waals surface area contributed by atoms with E-state index < -0.39 is 0 Å². The summed E-state index contributed by atoms with van der Waals surface area (Å²) in [7, 11) is 0. The normalized spacial score (nSPS) is 14.6. The summed E-state index contributed by atoms with van der Waals surface area (Å²) in [5.41, 5.74) is 5.18. The van der Waals surface area contributed by atoms with Gasteiger partial charge in [0.1, 0.15) is 0 Å². The average Bonchev–Trinajstić information content (AvgIpc) is 3.00. The highest BCUT2D eigenvalue weighted by Gasteiger charge is 2.11. The van der Waals surface area contributed by atoms with Gasteiger partial charge in [0.15, 0.2) is 0 Å². The zero-order chi connectivity index (χ0) is 13.8. The van der Waals surface area contributed by atoms with Crippen molar-refractivity contribution < 1.29 is 0 Å². The molecule has 0 amide bonds. The Bertz CT molecular complexity index is 554. The lowest BCUT2D eigenvalue weighted by Gasteiger charge is -2.18. The summed E-state index contributed by atoms with van der Waals surface area (Å²) in [6.45, 7) is 5.42. The third-order valence-corrected chi connectivity index (χ3v) is 3.92. The Morgan fingerprint density at radius 1 is 1.00 bits per heavy atom. The van der Waals surface area contributed by atoms with Gasteiger partial charge < -0.3 is 10.2 Å². The van der Waals surface area contributed by atoms with Crippen molar-refractivity contribution in [2.75, 3.05) is 23.3 Å². The van der Waals surface area contributed by atoms with Gasteiger partial charge in [0.05, 0.1) is 0 Å². The second kappa shape index (κ2) is 6.00. The number of nitrogens with one attached hydrogen (secondary N) is 1. The highest BCUT2D eigenvalue weighted by molar-refractivity contribution is 5.55. The van der Waals surface area contributed by atoms with Gasteiger partial charge >= 0.3 is 0 Å². The van der Waals surface area contributed by atoms with E-state index in [-0.39, 0.29) is 0 Å². The summed E-state index contributed by atoms with van der Waals surface area (Å²) in [5, 5.41) is 3.49. The lowest BCUT2D eigenvalue weighted by atomic mass is 10.1. The maximum atomic E-state index is 3.49. The van der Waals surface area contributed by atoms with Crippen LogP contribution in [0.15, 0.2) is 48.5 Å². The summed E-state index contributed by atoms with van der Waals surface area (Å²) in [6.07, 6.45) is 2.65. The molecule has 20 heavy (non-hydrogen) atoms. The van der Waals surface area contributed by atoms with Crippen LogP contribution in [0.5, 0.6) is 0 Å². The molecule has 2 heteroatoms. The van der Waals surface area contributed by atoms with E-state index in [4.69, 9.17) is 0 Å². The van der Waals surface area contributed by atoms with E-state index >= 15 is 0 Å². The van der Waals surface area contributed by atoms with Crippen LogP contribution in [0.25, 0.3) is 0 Å². The predicted octanol–water partition coefficient (Wildman–Crippen LogP) is 4.21. The minimum atomic E-state index is 0.880. The molecule has 2 aromatic rings. The van der Waals surface area contributed by atoms with Crippen molar-refractivity contribution in [3.8, 4) is 0 Å². The largest absolute Gasteiger partial charge is 0.381 e. The number of rotatable bonds is 4. The fraction of sp³-hybridized carbons (Fsp3) is 0.333. The second-order valence-electron chi connectivity index (χ2n) is 5.58. The molecule has 3 rings (SSSR count). The molecule has 2 aromatic carbocycles. The lowest BCUT2D eigenvalue weighted by molar-refractivity contribution is 0.949. The second-order valence-corrected chi connectivity index (χ2v) is 5.58. The molecule has 0 radical (unpaired) electrons. The van der Waals surface area contributed by atoms with E-state index in [1.807, 2.05) is 0 Å². The molecular formula is C18H22N2. The first-order valence-electron chi connectivity index (χ1n) is 7.46. The molecule has 0 unspecified atom stereocenters. The Labute approximate surface area is 121 Å². The van der Waals surface area contributed by atoms with Crippen LogP contribution in [0.1, 0.15) is 24.0 Å². The zero-order valence-electron chi connectivity index (χ0n) is 12.1. The minimum Gasteiger partial charge on any atom is -0.381 e. The van der Waals surface area contributed by atoms with Gasteiger partial charge in [-0.2, -0.15) is 0 Å². The molecule has 1 fully saturated rings. The molecule has 0 aliphatic carbocycles. The summed E-state index contributed by atoms with van der Waals surface area (Å²) in [4.78, 5) is 2.46. The maximum absolute atomic E-state index is 3.49. The molecule has 0 atom stereocenters. The molecule has 1 saturated heterocycles. The molecule has 1 aliphatic rings. The molecular weight excluding hydrogens is 244 g/mol. The number of hydrogen-bond acceptors (Lipinski definition) is 2. The highest BCUT2D eigenvalue weighted by Crippen LogP contribution is 2.22. The van der Waals surface area contributed by atoms with Crippen LogP contribution >= 0.6 is 0 Å². The number of anilines is 2. The zero-order valence-corrected chi connectivity index (χ0v) is 12.1. The molecule has 0 bridgehead atoms. The fourth-order valence-electron chi connectivity index (χ4n) is 2.79. The fourth-order valence-corrected chi connectivity index (χ4v) is 2.79. The van der Waals surface area contributed by atoms with Crippen LogP contribution in [0, 0.1) is 6.92 Å². The molecule has 1 heterocycles. The topological polar surface area (TPSA) is 15.3 Å². The Balaban J connectivity index is 1.60. The van der Waals surface area contributed by atoms with E-state index in [9.17, 15) is 0 Å². The highest BCUT2D eigenvalue weighted by atomic mass is 15.1. The Morgan fingerprint density at radius 2 is 1.75 bits per heavy atom. The monoisotopic (exact) mass is 266 g/mol. The standard InChI is InChI=1S/C18H22N2/c1-15-5-4-6-16(13-15)14-19-17-7-9-18(10-8-17)20-11-2-3-12-20/h4-10,13,19H,2-3,11-12,14H2,1H3. The van der Waals surface area contributed by atoms with Gasteiger partial charge in [0.25, 0.3) is 0 Å². The van der Waals surface area contributed by atoms with Crippen LogP contribution in [-0.4, -0.2) is 13.1 Å². The molecule has 0 aromatic heterocycles. The third-order valence-electron chi connectivity index (χ3n) is 3.92. The van der Waals surface area contributed by atoms with Crippen molar-refractivity contribution in [1.82, 2.24) is 0 Å². The van der Waals surface area contributed by atoms with Crippen LogP contribution in [0.4, 0.5) is 11.4 Å². The molecule has 1 N–H and O–H groups in total. The van der Waals surface area contributed by atoms with Gasteiger partial charge in [-0.05, 0) is 49.6 Å². The number of nitrogens with zero attached hydrogens (tertiary/aromatic N) is 1. The van der Waals surface area contributed by atoms with Gasteiger partial charge in [-0.1, -0.05) is 29.8 Å². The average molecular weight is 266 g/mol. The SMILES string of the molecule is Cc1cccc(CNc2ccc(N3CCCC3)cc2)c1. The summed E-state index contributed by atoms with van der Waals surface area (Å²) in [6, 6.07) is 17.5. The Morgan fingerprint density at radius 3 is 2.45 bits per heavy atom. The van der Waals surface area contributed by atoms with Crippen LogP contribution in [-0.2, 0) is 6.54 Å². The maximum Gasteiger partial charge on any atom is 0.0400 e. The first kappa shape index (κ1) is 13.0. The third kappa shape index (κ3) is 3.13. The van der Waals surface area contributed by atoms with Crippen LogP contribution < -0.4 is 10.2 Å². The van der Waals surface area contributed by atoms with E-state index in [1.165, 1.54) is 48.4 Å². The van der Waals surface area contributed by atoms with Gasteiger partial charge in [-0.3, -0.25) is 0 Å². The molecule has 0 saturated carbocycles. The first-order valence-corrected chi connectivity index (χ1v) is 7.46. The quantitative estimate of drug-likeness (QED) is 0.892. The van der Waals surface area contributed by atoms with Gasteiger partial charge in [0.2, 0.25) is 0 Å². The van der Waals surface area contributed by atoms with Crippen LogP contribution in [0.2, 0.25) is 0 Å². The Hall–Kier alpha value is -1.96. The van der Waals surface area contributed by atoms with Crippen molar-refractivity contribution in [1.29, 1.82) is 0 Å². The van der Waals surface area contributed by atoms with Crippen molar-refractivity contribution in [3.05, 3.63) is 59.7 Å². The van der Waals surface area contributed by atoms with E-state index in [0.717, 1.165) is 6.54 Å². The summed E-state index contributed by atoms with van der Waals surface area (Å²) < 4.78 is 0. The van der Waals surface area contributed by atoms with E-state index in [0.29, 0.717) is 0 Å². The Kier molecular flexibility index (Phi) is 3.91. The minimum absolute atomic E-state index is 0.880.